The van der Waals surface area contributed by atoms with Crippen LogP contribution in [-0.4, -0.2) is 52.1 Å². The Bertz CT molecular complexity index is 845. The van der Waals surface area contributed by atoms with Crippen LogP contribution in [0.2, 0.25) is 0 Å². The van der Waals surface area contributed by atoms with E-state index in [1.165, 1.54) is 5.56 Å². The Morgan fingerprint density at radius 3 is 2.82 bits per heavy atom. The fourth-order valence-electron chi connectivity index (χ4n) is 3.09. The van der Waals surface area contributed by atoms with Gasteiger partial charge in [0.1, 0.15) is 5.60 Å². The van der Waals surface area contributed by atoms with Crippen LogP contribution in [0.1, 0.15) is 37.6 Å². The maximum atomic E-state index is 12.4. The Labute approximate surface area is 166 Å². The van der Waals surface area contributed by atoms with Crippen molar-refractivity contribution in [2.45, 2.75) is 45.9 Å². The minimum absolute atomic E-state index is 0.303. The van der Waals surface area contributed by atoms with Crippen molar-refractivity contribution in [3.8, 4) is 0 Å². The molecule has 0 bridgehead atoms. The van der Waals surface area contributed by atoms with Gasteiger partial charge in [0.25, 0.3) is 0 Å². The number of nitrogens with zero attached hydrogens (tertiary/aromatic N) is 4. The molecule has 0 spiro atoms. The maximum Gasteiger partial charge on any atom is 0.410 e. The van der Waals surface area contributed by atoms with Gasteiger partial charge in [-0.1, -0.05) is 12.1 Å². The quantitative estimate of drug-likeness (QED) is 0.870. The van der Waals surface area contributed by atoms with E-state index in [0.29, 0.717) is 19.0 Å². The number of rotatable bonds is 4. The highest BCUT2D eigenvalue weighted by molar-refractivity contribution is 5.68. The van der Waals surface area contributed by atoms with E-state index < -0.39 is 5.60 Å². The second-order valence-electron chi connectivity index (χ2n) is 8.38. The SMILES string of the molecule is CN(C)Cc1cccc(Nc2ncc3c(n2)CN(C(=O)OC(C)(C)C)CC3)c1. The van der Waals surface area contributed by atoms with Gasteiger partial charge in [0, 0.05) is 25.0 Å². The highest BCUT2D eigenvalue weighted by Gasteiger charge is 2.26. The van der Waals surface area contributed by atoms with Gasteiger partial charge < -0.3 is 19.9 Å². The number of carbonyl (C=O) groups excluding carboxylic acids is 1. The lowest BCUT2D eigenvalue weighted by atomic mass is 10.1. The lowest BCUT2D eigenvalue weighted by Crippen LogP contribution is -2.40. The van der Waals surface area contributed by atoms with Gasteiger partial charge >= 0.3 is 6.09 Å². The van der Waals surface area contributed by atoms with Crippen LogP contribution in [0.25, 0.3) is 0 Å². The van der Waals surface area contributed by atoms with Crippen molar-refractivity contribution in [2.75, 3.05) is 26.0 Å². The topological polar surface area (TPSA) is 70.6 Å². The molecule has 2 aromatic rings. The van der Waals surface area contributed by atoms with E-state index in [4.69, 9.17) is 4.74 Å². The fourth-order valence-corrected chi connectivity index (χ4v) is 3.09. The molecule has 0 saturated heterocycles. The minimum Gasteiger partial charge on any atom is -0.444 e. The van der Waals surface area contributed by atoms with Crippen molar-refractivity contribution < 1.29 is 9.53 Å². The summed E-state index contributed by atoms with van der Waals surface area (Å²) in [6.45, 7) is 7.53. The predicted molar refractivity (Wildman–Crippen MR) is 109 cm³/mol. The van der Waals surface area contributed by atoms with Crippen LogP contribution in [0.3, 0.4) is 0 Å². The molecule has 1 aliphatic rings. The Kier molecular flexibility index (Phi) is 5.84. The molecule has 150 valence electrons. The zero-order chi connectivity index (χ0) is 20.3. The third-order valence-electron chi connectivity index (χ3n) is 4.28. The van der Waals surface area contributed by atoms with Crippen molar-refractivity contribution in [3.05, 3.63) is 47.3 Å². The molecule has 28 heavy (non-hydrogen) atoms. The van der Waals surface area contributed by atoms with Crippen LogP contribution in [0.5, 0.6) is 0 Å². The molecule has 1 aliphatic heterocycles. The van der Waals surface area contributed by atoms with E-state index in [2.05, 4.69) is 32.3 Å². The van der Waals surface area contributed by atoms with Crippen LogP contribution < -0.4 is 5.32 Å². The van der Waals surface area contributed by atoms with E-state index in [9.17, 15) is 4.79 Å². The van der Waals surface area contributed by atoms with Crippen LogP contribution in [-0.2, 0) is 24.2 Å². The first kappa shape index (κ1) is 20.1. The second-order valence-corrected chi connectivity index (χ2v) is 8.38. The number of amides is 1. The molecule has 3 rings (SSSR count). The highest BCUT2D eigenvalue weighted by atomic mass is 16.6. The van der Waals surface area contributed by atoms with Gasteiger partial charge in [0.2, 0.25) is 5.95 Å². The van der Waals surface area contributed by atoms with Gasteiger partial charge in [-0.05, 0) is 64.5 Å². The van der Waals surface area contributed by atoms with Gasteiger partial charge in [-0.25, -0.2) is 14.8 Å². The Morgan fingerprint density at radius 1 is 1.32 bits per heavy atom. The molecular formula is C21H29N5O2. The number of fused-ring (bicyclic) bond motifs is 1. The summed E-state index contributed by atoms with van der Waals surface area (Å²) in [4.78, 5) is 25.3. The number of anilines is 2. The summed E-state index contributed by atoms with van der Waals surface area (Å²) in [6.07, 6.45) is 2.27. The molecule has 1 N–H and O–H groups in total. The normalized spacial score (nSPS) is 14.0. The van der Waals surface area contributed by atoms with Gasteiger partial charge in [-0.2, -0.15) is 0 Å². The number of hydrogen-bond acceptors (Lipinski definition) is 6. The van der Waals surface area contributed by atoms with Crippen LogP contribution in [0, 0.1) is 0 Å². The number of aromatic nitrogens is 2. The third kappa shape index (κ3) is 5.42. The molecule has 0 atom stereocenters. The van der Waals surface area contributed by atoms with Gasteiger partial charge in [-0.15, -0.1) is 0 Å². The first-order chi connectivity index (χ1) is 13.2. The number of nitrogens with one attached hydrogen (secondary N) is 1. The largest absolute Gasteiger partial charge is 0.444 e. The van der Waals surface area contributed by atoms with Crippen molar-refractivity contribution >= 4 is 17.7 Å². The molecule has 1 aromatic carbocycles. The summed E-state index contributed by atoms with van der Waals surface area (Å²) < 4.78 is 5.49. The Balaban J connectivity index is 1.72. The molecular weight excluding hydrogens is 354 g/mol. The van der Waals surface area contributed by atoms with Gasteiger partial charge in [0.05, 0.1) is 12.2 Å². The van der Waals surface area contributed by atoms with Crippen LogP contribution in [0.4, 0.5) is 16.4 Å². The van der Waals surface area contributed by atoms with Gasteiger partial charge in [0.15, 0.2) is 0 Å². The molecule has 0 aliphatic carbocycles. The molecule has 7 heteroatoms. The van der Waals surface area contributed by atoms with Crippen molar-refractivity contribution in [2.24, 2.45) is 0 Å². The number of benzene rings is 1. The van der Waals surface area contributed by atoms with Crippen LogP contribution in [0.15, 0.2) is 30.5 Å². The average molecular weight is 383 g/mol. The zero-order valence-electron chi connectivity index (χ0n) is 17.3. The number of hydrogen-bond donors (Lipinski definition) is 1. The van der Waals surface area contributed by atoms with E-state index in [1.54, 1.807) is 4.90 Å². The lowest BCUT2D eigenvalue weighted by molar-refractivity contribution is 0.0220. The molecule has 2 heterocycles. The summed E-state index contributed by atoms with van der Waals surface area (Å²) in [7, 11) is 4.09. The lowest BCUT2D eigenvalue weighted by Gasteiger charge is -2.30. The van der Waals surface area contributed by atoms with Crippen LogP contribution >= 0.6 is 0 Å². The molecule has 7 nitrogen and oxygen atoms in total. The van der Waals surface area contributed by atoms with E-state index >= 15 is 0 Å². The predicted octanol–water partition coefficient (Wildman–Crippen LogP) is 3.58. The zero-order valence-corrected chi connectivity index (χ0v) is 17.3. The molecule has 1 amide bonds. The second kappa shape index (κ2) is 8.14. The van der Waals surface area contributed by atoms with E-state index in [0.717, 1.165) is 29.9 Å². The first-order valence-corrected chi connectivity index (χ1v) is 9.53. The van der Waals surface area contributed by atoms with Crippen molar-refractivity contribution in [1.29, 1.82) is 0 Å². The summed E-state index contributed by atoms with van der Waals surface area (Å²) in [6, 6.07) is 8.20. The van der Waals surface area contributed by atoms with Crippen molar-refractivity contribution in [3.63, 3.8) is 0 Å². The highest BCUT2D eigenvalue weighted by Crippen LogP contribution is 2.22. The molecule has 0 radical (unpaired) electrons. The molecule has 0 fully saturated rings. The third-order valence-corrected chi connectivity index (χ3v) is 4.28. The fraction of sp³-hybridized carbons (Fsp3) is 0.476. The summed E-state index contributed by atoms with van der Waals surface area (Å²) in [5, 5.41) is 3.27. The average Bonchev–Trinajstić information content (AvgIpc) is 2.59. The Hall–Kier alpha value is -2.67. The minimum atomic E-state index is -0.507. The number of ether oxygens (including phenoxy) is 1. The first-order valence-electron chi connectivity index (χ1n) is 9.53. The summed E-state index contributed by atoms with van der Waals surface area (Å²) in [5.74, 6) is 0.534. The molecule has 0 saturated carbocycles. The summed E-state index contributed by atoms with van der Waals surface area (Å²) >= 11 is 0. The summed E-state index contributed by atoms with van der Waals surface area (Å²) in [5.41, 5.74) is 3.58. The monoisotopic (exact) mass is 383 g/mol. The van der Waals surface area contributed by atoms with E-state index in [1.807, 2.05) is 53.2 Å². The van der Waals surface area contributed by atoms with E-state index in [-0.39, 0.29) is 6.09 Å². The smallest absolute Gasteiger partial charge is 0.410 e. The molecule has 1 aromatic heterocycles. The standard InChI is InChI=1S/C21H29N5O2/c1-21(2,3)28-20(27)26-10-9-16-12-22-19(24-18(16)14-26)23-17-8-6-7-15(11-17)13-25(4)5/h6-8,11-12H,9-10,13-14H2,1-5H3,(H,22,23,24). The van der Waals surface area contributed by atoms with Crippen molar-refractivity contribution in [1.82, 2.24) is 19.8 Å². The maximum absolute atomic E-state index is 12.4. The van der Waals surface area contributed by atoms with Gasteiger partial charge in [-0.3, -0.25) is 0 Å². The number of carbonyl (C=O) groups is 1. The Morgan fingerprint density at radius 2 is 2.11 bits per heavy atom. The molecule has 0 unspecified atom stereocenters.